The van der Waals surface area contributed by atoms with Crippen molar-refractivity contribution in [3.63, 3.8) is 0 Å². The van der Waals surface area contributed by atoms with Crippen LogP contribution in [0.3, 0.4) is 0 Å². The summed E-state index contributed by atoms with van der Waals surface area (Å²) in [7, 11) is 0. The van der Waals surface area contributed by atoms with E-state index in [0.717, 1.165) is 5.56 Å². The lowest BCUT2D eigenvalue weighted by Gasteiger charge is -2.12. The van der Waals surface area contributed by atoms with E-state index >= 15 is 0 Å². The first-order valence-electron chi connectivity index (χ1n) is 8.87. The number of aromatic nitrogens is 1. The fraction of sp³-hybridized carbons (Fsp3) is 0.190. The van der Waals surface area contributed by atoms with E-state index in [4.69, 9.17) is 19.3 Å². The summed E-state index contributed by atoms with van der Waals surface area (Å²) in [4.78, 5) is 12.9. The fourth-order valence-corrected chi connectivity index (χ4v) is 3.33. The second-order valence-electron chi connectivity index (χ2n) is 6.87. The molecule has 1 aromatic heterocycles. The molecule has 0 bridgehead atoms. The van der Waals surface area contributed by atoms with Gasteiger partial charge in [-0.3, -0.25) is 4.79 Å². The summed E-state index contributed by atoms with van der Waals surface area (Å²) in [6, 6.07) is 16.2. The number of nitrogens with zero attached hydrogens (tertiary/aromatic N) is 2. The lowest BCUT2D eigenvalue weighted by atomic mass is 10.00. The van der Waals surface area contributed by atoms with Gasteiger partial charge in [-0.15, -0.1) is 0 Å². The normalized spacial score (nSPS) is 15.7. The Labute approximate surface area is 160 Å². The smallest absolute Gasteiger partial charge is 0.236 e. The molecule has 138 valence electrons. The van der Waals surface area contributed by atoms with Crippen LogP contribution in [-0.4, -0.2) is 17.9 Å². The van der Waals surface area contributed by atoms with Crippen LogP contribution in [0.25, 0.3) is 11.3 Å². The van der Waals surface area contributed by atoms with Crippen molar-refractivity contribution in [3.8, 4) is 28.9 Å². The van der Waals surface area contributed by atoms with E-state index in [2.05, 4.69) is 16.5 Å². The van der Waals surface area contributed by atoms with Crippen molar-refractivity contribution in [2.75, 3.05) is 12.1 Å². The highest BCUT2D eigenvalue weighted by atomic mass is 16.7. The number of carbonyl (C=O) groups is 1. The summed E-state index contributed by atoms with van der Waals surface area (Å²) in [6.07, 6.45) is 1.40. The summed E-state index contributed by atoms with van der Waals surface area (Å²) >= 11 is 0. The number of hydrogen-bond donors (Lipinski definition) is 1. The van der Waals surface area contributed by atoms with Crippen molar-refractivity contribution in [1.82, 2.24) is 5.16 Å². The highest BCUT2D eigenvalue weighted by Crippen LogP contribution is 2.49. The maximum atomic E-state index is 12.9. The summed E-state index contributed by atoms with van der Waals surface area (Å²) in [5.74, 6) is 1.78. The molecule has 0 saturated heterocycles. The molecule has 5 rings (SSSR count). The summed E-state index contributed by atoms with van der Waals surface area (Å²) in [6.45, 7) is 0.205. The number of hydrogen-bond acceptors (Lipinski definition) is 6. The quantitative estimate of drug-likeness (QED) is 0.750. The van der Waals surface area contributed by atoms with Gasteiger partial charge < -0.3 is 19.3 Å². The molecule has 3 aromatic rings. The molecule has 28 heavy (non-hydrogen) atoms. The molecule has 2 aromatic carbocycles. The molecule has 1 aliphatic heterocycles. The van der Waals surface area contributed by atoms with Gasteiger partial charge in [0.15, 0.2) is 17.3 Å². The van der Waals surface area contributed by atoms with Gasteiger partial charge in [0.25, 0.3) is 0 Å². The van der Waals surface area contributed by atoms with E-state index in [9.17, 15) is 4.79 Å². The maximum Gasteiger partial charge on any atom is 0.236 e. The molecule has 1 aliphatic carbocycles. The number of nitriles is 1. The SMILES string of the molecule is N#Cc1cccc(NC(=O)C2(c3cc(-c4ccc5c(c4)OCO5)on3)CC2)c1. The molecule has 1 saturated carbocycles. The largest absolute Gasteiger partial charge is 0.454 e. The number of anilines is 1. The Morgan fingerprint density at radius 1 is 1.11 bits per heavy atom. The van der Waals surface area contributed by atoms with E-state index in [0.29, 0.717) is 47.0 Å². The van der Waals surface area contributed by atoms with Crippen LogP contribution in [0.15, 0.2) is 53.1 Å². The Morgan fingerprint density at radius 2 is 1.96 bits per heavy atom. The van der Waals surface area contributed by atoms with Gasteiger partial charge in [-0.1, -0.05) is 11.2 Å². The first kappa shape index (κ1) is 16.4. The number of rotatable bonds is 4. The maximum absolute atomic E-state index is 12.9. The third-order valence-electron chi connectivity index (χ3n) is 5.09. The molecule has 1 fully saturated rings. The summed E-state index contributed by atoms with van der Waals surface area (Å²) < 4.78 is 16.2. The van der Waals surface area contributed by atoms with Crippen LogP contribution in [0.4, 0.5) is 5.69 Å². The summed E-state index contributed by atoms with van der Waals surface area (Å²) in [5, 5.41) is 16.1. The van der Waals surface area contributed by atoms with E-state index in [1.165, 1.54) is 0 Å². The number of benzene rings is 2. The van der Waals surface area contributed by atoms with E-state index in [1.54, 1.807) is 30.3 Å². The summed E-state index contributed by atoms with van der Waals surface area (Å²) in [5.41, 5.74) is 1.81. The number of carbonyl (C=O) groups excluding carboxylic acids is 1. The zero-order valence-electron chi connectivity index (χ0n) is 14.8. The molecule has 1 N–H and O–H groups in total. The predicted molar refractivity (Wildman–Crippen MR) is 98.8 cm³/mol. The lowest BCUT2D eigenvalue weighted by Crippen LogP contribution is -2.28. The van der Waals surface area contributed by atoms with Gasteiger partial charge in [0.05, 0.1) is 22.7 Å². The van der Waals surface area contributed by atoms with Crippen molar-refractivity contribution in [2.45, 2.75) is 18.3 Å². The highest BCUT2D eigenvalue weighted by molar-refractivity contribution is 6.01. The zero-order chi connectivity index (χ0) is 19.1. The van der Waals surface area contributed by atoms with Crippen LogP contribution >= 0.6 is 0 Å². The monoisotopic (exact) mass is 373 g/mol. The molecule has 7 heteroatoms. The van der Waals surface area contributed by atoms with Gasteiger partial charge in [-0.05, 0) is 49.2 Å². The third kappa shape index (κ3) is 2.67. The molecule has 1 amide bonds. The average molecular weight is 373 g/mol. The second kappa shape index (κ2) is 6.13. The van der Waals surface area contributed by atoms with Crippen molar-refractivity contribution < 1.29 is 18.8 Å². The van der Waals surface area contributed by atoms with Crippen LogP contribution in [0.1, 0.15) is 24.1 Å². The molecule has 2 aliphatic rings. The molecule has 0 spiro atoms. The topological polar surface area (TPSA) is 97.4 Å². The van der Waals surface area contributed by atoms with Crippen molar-refractivity contribution in [3.05, 3.63) is 59.8 Å². The van der Waals surface area contributed by atoms with E-state index in [-0.39, 0.29) is 12.7 Å². The molecular formula is C21H15N3O4. The standard InChI is InChI=1S/C21H15N3O4/c22-11-13-2-1-3-15(8-13)23-20(25)21(6-7-21)19-10-17(28-24-19)14-4-5-16-18(9-14)27-12-26-16/h1-5,8-10H,6-7,12H2,(H,23,25). The number of fused-ring (bicyclic) bond motifs is 1. The Balaban J connectivity index is 1.39. The first-order chi connectivity index (χ1) is 13.7. The van der Waals surface area contributed by atoms with E-state index < -0.39 is 5.41 Å². The Morgan fingerprint density at radius 3 is 2.79 bits per heavy atom. The number of ether oxygens (including phenoxy) is 2. The zero-order valence-corrected chi connectivity index (χ0v) is 14.8. The van der Waals surface area contributed by atoms with Crippen LogP contribution < -0.4 is 14.8 Å². The Bertz CT molecular complexity index is 1120. The van der Waals surface area contributed by atoms with E-state index in [1.807, 2.05) is 18.2 Å². The van der Waals surface area contributed by atoms with Crippen LogP contribution in [0, 0.1) is 11.3 Å². The minimum atomic E-state index is -0.694. The first-order valence-corrected chi connectivity index (χ1v) is 8.87. The van der Waals surface area contributed by atoms with Gasteiger partial charge in [0, 0.05) is 17.3 Å². The number of amides is 1. The third-order valence-corrected chi connectivity index (χ3v) is 5.09. The minimum absolute atomic E-state index is 0.145. The van der Waals surface area contributed by atoms with Crippen molar-refractivity contribution in [1.29, 1.82) is 5.26 Å². The van der Waals surface area contributed by atoms with Gasteiger partial charge in [-0.25, -0.2) is 0 Å². The van der Waals surface area contributed by atoms with Crippen molar-refractivity contribution in [2.24, 2.45) is 0 Å². The molecule has 0 atom stereocenters. The van der Waals surface area contributed by atoms with Gasteiger partial charge in [0.1, 0.15) is 0 Å². The second-order valence-corrected chi connectivity index (χ2v) is 6.87. The van der Waals surface area contributed by atoms with Crippen molar-refractivity contribution >= 4 is 11.6 Å². The fourth-order valence-electron chi connectivity index (χ4n) is 3.33. The molecule has 0 unspecified atom stereocenters. The van der Waals surface area contributed by atoms with Gasteiger partial charge >= 0.3 is 0 Å². The van der Waals surface area contributed by atoms with Gasteiger partial charge in [0.2, 0.25) is 12.7 Å². The lowest BCUT2D eigenvalue weighted by molar-refractivity contribution is -0.118. The molecule has 2 heterocycles. The van der Waals surface area contributed by atoms with Crippen LogP contribution in [0.5, 0.6) is 11.5 Å². The van der Waals surface area contributed by atoms with Crippen LogP contribution in [0.2, 0.25) is 0 Å². The molecule has 0 radical (unpaired) electrons. The highest BCUT2D eigenvalue weighted by Gasteiger charge is 2.53. The number of nitrogens with one attached hydrogen (secondary N) is 1. The minimum Gasteiger partial charge on any atom is -0.454 e. The van der Waals surface area contributed by atoms with Gasteiger partial charge in [-0.2, -0.15) is 5.26 Å². The Hall–Kier alpha value is -3.79. The Kier molecular flexibility index (Phi) is 3.59. The molecular weight excluding hydrogens is 358 g/mol. The van der Waals surface area contributed by atoms with Crippen LogP contribution in [-0.2, 0) is 10.2 Å². The predicted octanol–water partition coefficient (Wildman–Crippen LogP) is 3.61. The average Bonchev–Trinajstić information content (AvgIpc) is 3.15. The molecule has 7 nitrogen and oxygen atoms in total.